The highest BCUT2D eigenvalue weighted by Gasteiger charge is 2.51. The molecular formula is C18H16F2N2O2S. The molecule has 0 saturated carbocycles. The van der Waals surface area contributed by atoms with Gasteiger partial charge in [-0.3, -0.25) is 9.78 Å². The number of benzene rings is 1. The molecule has 130 valence electrons. The third-order valence-corrected chi connectivity index (χ3v) is 6.04. The van der Waals surface area contributed by atoms with E-state index in [1.54, 1.807) is 29.1 Å². The van der Waals surface area contributed by atoms with Gasteiger partial charge in [-0.15, -0.1) is 11.8 Å². The van der Waals surface area contributed by atoms with Gasteiger partial charge in [-0.05, 0) is 24.3 Å². The summed E-state index contributed by atoms with van der Waals surface area (Å²) in [6.45, 7) is 1.14. The molecule has 0 N–H and O–H groups in total. The first-order chi connectivity index (χ1) is 12.0. The molecule has 0 radical (unpaired) electrons. The Morgan fingerprint density at radius 1 is 1.28 bits per heavy atom. The Hall–Kier alpha value is -2.15. The molecule has 7 heteroatoms. The molecule has 0 bridgehead atoms. The Morgan fingerprint density at radius 2 is 2.04 bits per heavy atom. The van der Waals surface area contributed by atoms with Crippen LogP contribution in [0.1, 0.15) is 16.8 Å². The molecule has 25 heavy (non-hydrogen) atoms. The monoisotopic (exact) mass is 362 g/mol. The molecule has 0 aliphatic carbocycles. The lowest BCUT2D eigenvalue weighted by atomic mass is 9.92. The number of carbonyl (C=O) groups excluding carboxylic acids is 1. The smallest absolute Gasteiger partial charge is 0.254 e. The first kappa shape index (κ1) is 16.3. The number of hydrogen-bond acceptors (Lipinski definition) is 4. The summed E-state index contributed by atoms with van der Waals surface area (Å²) in [6, 6.07) is 6.62. The third-order valence-electron chi connectivity index (χ3n) is 4.47. The number of halogens is 2. The van der Waals surface area contributed by atoms with E-state index in [9.17, 15) is 13.6 Å². The van der Waals surface area contributed by atoms with Crippen LogP contribution >= 0.6 is 11.8 Å². The molecule has 1 atom stereocenters. The number of rotatable bonds is 3. The summed E-state index contributed by atoms with van der Waals surface area (Å²) in [5.74, 6) is -0.211. The van der Waals surface area contributed by atoms with Crippen molar-refractivity contribution in [1.29, 1.82) is 0 Å². The lowest BCUT2D eigenvalue weighted by molar-refractivity contribution is 0.0517. The highest BCUT2D eigenvalue weighted by atomic mass is 32.2. The number of carbonyl (C=O) groups is 1. The van der Waals surface area contributed by atoms with Crippen LogP contribution in [0, 0.1) is 11.6 Å². The van der Waals surface area contributed by atoms with Crippen LogP contribution in [0.15, 0.2) is 42.7 Å². The molecular weight excluding hydrogens is 346 g/mol. The van der Waals surface area contributed by atoms with E-state index >= 15 is 0 Å². The molecule has 1 aromatic heterocycles. The Labute approximate surface area is 148 Å². The molecule has 4 rings (SSSR count). The van der Waals surface area contributed by atoms with Crippen molar-refractivity contribution < 1.29 is 18.3 Å². The Bertz CT molecular complexity index is 777. The van der Waals surface area contributed by atoms with E-state index in [1.807, 2.05) is 12.1 Å². The third kappa shape index (κ3) is 3.33. The predicted octanol–water partition coefficient (Wildman–Crippen LogP) is 3.14. The fraction of sp³-hybridized carbons (Fsp3) is 0.333. The zero-order valence-electron chi connectivity index (χ0n) is 13.3. The second-order valence-corrected chi connectivity index (χ2v) is 7.93. The van der Waals surface area contributed by atoms with Crippen molar-refractivity contribution >= 4 is 17.7 Å². The quantitative estimate of drug-likeness (QED) is 0.841. The van der Waals surface area contributed by atoms with E-state index in [0.29, 0.717) is 13.1 Å². The second-order valence-electron chi connectivity index (χ2n) is 6.45. The van der Waals surface area contributed by atoms with Crippen molar-refractivity contribution in [3.63, 3.8) is 0 Å². The van der Waals surface area contributed by atoms with Crippen molar-refractivity contribution in [3.05, 3.63) is 59.9 Å². The topological polar surface area (TPSA) is 42.4 Å². The van der Waals surface area contributed by atoms with Crippen LogP contribution in [-0.4, -0.2) is 45.5 Å². The molecule has 2 saturated heterocycles. The van der Waals surface area contributed by atoms with E-state index < -0.39 is 11.6 Å². The minimum atomic E-state index is -0.737. The number of hydrogen-bond donors (Lipinski definition) is 0. The first-order valence-electron chi connectivity index (χ1n) is 7.99. The molecule has 4 nitrogen and oxygen atoms in total. The molecule has 1 aromatic carbocycles. The van der Waals surface area contributed by atoms with Gasteiger partial charge in [-0.1, -0.05) is 0 Å². The van der Waals surface area contributed by atoms with Crippen LogP contribution in [-0.2, 0) is 0 Å². The Morgan fingerprint density at radius 3 is 2.72 bits per heavy atom. The number of nitrogens with zero attached hydrogens (tertiary/aromatic N) is 2. The van der Waals surface area contributed by atoms with Gasteiger partial charge in [0.2, 0.25) is 0 Å². The normalized spacial score (nSPS) is 21.2. The Balaban J connectivity index is 1.36. The van der Waals surface area contributed by atoms with Crippen molar-refractivity contribution in [3.8, 4) is 5.75 Å². The van der Waals surface area contributed by atoms with Gasteiger partial charge in [0.05, 0.1) is 10.9 Å². The minimum absolute atomic E-state index is 0.0194. The summed E-state index contributed by atoms with van der Waals surface area (Å²) in [6.07, 6.45) is 4.30. The Kier molecular flexibility index (Phi) is 4.11. The van der Waals surface area contributed by atoms with Gasteiger partial charge in [0.25, 0.3) is 5.91 Å². The molecule has 2 aliphatic heterocycles. The molecule has 1 unspecified atom stereocenters. The first-order valence-corrected chi connectivity index (χ1v) is 8.98. The van der Waals surface area contributed by atoms with Crippen molar-refractivity contribution in [1.82, 2.24) is 9.88 Å². The molecule has 2 fully saturated rings. The number of ether oxygens (including phenoxy) is 1. The lowest BCUT2D eigenvalue weighted by Gasteiger charge is -2.47. The maximum atomic E-state index is 13.3. The average Bonchev–Trinajstić information content (AvgIpc) is 2.97. The van der Waals surface area contributed by atoms with E-state index in [4.69, 9.17) is 4.74 Å². The average molecular weight is 362 g/mol. The van der Waals surface area contributed by atoms with Gasteiger partial charge >= 0.3 is 0 Å². The molecule has 1 amide bonds. The predicted molar refractivity (Wildman–Crippen MR) is 90.7 cm³/mol. The summed E-state index contributed by atoms with van der Waals surface area (Å²) < 4.78 is 32.5. The summed E-state index contributed by atoms with van der Waals surface area (Å²) in [4.78, 5) is 18.1. The maximum Gasteiger partial charge on any atom is 0.254 e. The number of amides is 1. The highest BCUT2D eigenvalue weighted by Crippen LogP contribution is 2.46. The van der Waals surface area contributed by atoms with Crippen LogP contribution in [0.4, 0.5) is 8.78 Å². The number of pyridine rings is 1. The summed E-state index contributed by atoms with van der Waals surface area (Å²) in [5.41, 5.74) is 0.0542. The van der Waals surface area contributed by atoms with Gasteiger partial charge in [-0.2, -0.15) is 0 Å². The minimum Gasteiger partial charge on any atom is -0.488 e. The van der Waals surface area contributed by atoms with E-state index in [2.05, 4.69) is 4.98 Å². The van der Waals surface area contributed by atoms with E-state index in [1.165, 1.54) is 0 Å². The van der Waals surface area contributed by atoms with Crippen LogP contribution in [0.25, 0.3) is 0 Å². The summed E-state index contributed by atoms with van der Waals surface area (Å²) in [5, 5.41) is 0. The largest absolute Gasteiger partial charge is 0.488 e. The van der Waals surface area contributed by atoms with Gasteiger partial charge in [0.1, 0.15) is 23.5 Å². The second kappa shape index (κ2) is 6.29. The zero-order chi connectivity index (χ0) is 17.4. The van der Waals surface area contributed by atoms with E-state index in [-0.39, 0.29) is 22.3 Å². The van der Waals surface area contributed by atoms with Crippen LogP contribution in [0.3, 0.4) is 0 Å². The molecule has 1 spiro atoms. The maximum absolute atomic E-state index is 13.3. The number of thioether (sulfide) groups is 1. The SMILES string of the molecule is O=C(c1cc(F)cc(F)c1)N1CC2(CC(Oc3cccnc3)CS2)C1. The summed E-state index contributed by atoms with van der Waals surface area (Å²) >= 11 is 1.79. The number of aromatic nitrogens is 1. The van der Waals surface area contributed by atoms with E-state index in [0.717, 1.165) is 36.1 Å². The molecule has 2 aliphatic rings. The van der Waals surface area contributed by atoms with Crippen molar-refractivity contribution in [2.75, 3.05) is 18.8 Å². The standard InChI is InChI=1S/C18H16F2N2O2S/c19-13-4-12(5-14(20)6-13)17(23)22-10-18(11-22)7-16(9-25-18)24-15-2-1-3-21-8-15/h1-6,8,16H,7,9-11H2. The van der Waals surface area contributed by atoms with Crippen LogP contribution < -0.4 is 4.74 Å². The van der Waals surface area contributed by atoms with Crippen molar-refractivity contribution in [2.45, 2.75) is 17.3 Å². The van der Waals surface area contributed by atoms with Gasteiger partial charge in [0.15, 0.2) is 0 Å². The fourth-order valence-electron chi connectivity index (χ4n) is 3.36. The molecule has 3 heterocycles. The highest BCUT2D eigenvalue weighted by molar-refractivity contribution is 8.01. The van der Waals surface area contributed by atoms with Gasteiger partial charge < -0.3 is 9.64 Å². The van der Waals surface area contributed by atoms with Gasteiger partial charge in [0, 0.05) is 43.1 Å². The number of likely N-dealkylation sites (tertiary alicyclic amines) is 1. The van der Waals surface area contributed by atoms with Crippen molar-refractivity contribution in [2.24, 2.45) is 0 Å². The van der Waals surface area contributed by atoms with Crippen LogP contribution in [0.5, 0.6) is 5.75 Å². The van der Waals surface area contributed by atoms with Gasteiger partial charge in [-0.25, -0.2) is 8.78 Å². The summed E-state index contributed by atoms with van der Waals surface area (Å²) in [7, 11) is 0. The lowest BCUT2D eigenvalue weighted by Crippen LogP contribution is -2.60. The zero-order valence-corrected chi connectivity index (χ0v) is 14.1. The van der Waals surface area contributed by atoms with Crippen LogP contribution in [0.2, 0.25) is 0 Å². The molecule has 2 aromatic rings. The fourth-order valence-corrected chi connectivity index (χ4v) is 4.88.